The van der Waals surface area contributed by atoms with E-state index in [0.29, 0.717) is 13.2 Å². The molecule has 0 unspecified atom stereocenters. The average molecular weight is 324 g/mol. The van der Waals surface area contributed by atoms with Crippen LogP contribution >= 0.6 is 0 Å². The minimum Gasteiger partial charge on any atom is -0.463 e. The third-order valence-electron chi connectivity index (χ3n) is 3.30. The summed E-state index contributed by atoms with van der Waals surface area (Å²) >= 11 is 0. The van der Waals surface area contributed by atoms with Crippen molar-refractivity contribution in [3.8, 4) is 0 Å². The molecule has 1 fully saturated rings. The lowest BCUT2D eigenvalue weighted by Crippen LogP contribution is -2.34. The molecular formula is C16H21FN2O4. The first-order valence-electron chi connectivity index (χ1n) is 7.53. The highest BCUT2D eigenvalue weighted by Gasteiger charge is 2.16. The Morgan fingerprint density at radius 2 is 2.35 bits per heavy atom. The van der Waals surface area contributed by atoms with Crippen LogP contribution in [0.5, 0.6) is 0 Å². The van der Waals surface area contributed by atoms with Crippen LogP contribution in [0, 0.1) is 5.82 Å². The number of aliphatic imine (C=N–C) groups is 1. The molecule has 1 heterocycles. The molecule has 1 saturated heterocycles. The van der Waals surface area contributed by atoms with E-state index < -0.39 is 11.7 Å². The molecule has 0 radical (unpaired) electrons. The summed E-state index contributed by atoms with van der Waals surface area (Å²) in [6.45, 7) is 1.76. The lowest BCUT2D eigenvalue weighted by molar-refractivity contribution is 0.0948. The van der Waals surface area contributed by atoms with Gasteiger partial charge < -0.3 is 14.2 Å². The molecule has 0 saturated carbocycles. The van der Waals surface area contributed by atoms with Crippen LogP contribution in [-0.2, 0) is 14.2 Å². The summed E-state index contributed by atoms with van der Waals surface area (Å²) < 4.78 is 29.0. The fraction of sp³-hybridized carbons (Fsp3) is 0.500. The van der Waals surface area contributed by atoms with Gasteiger partial charge in [0.25, 0.3) is 11.9 Å². The number of ether oxygens (including phenoxy) is 3. The van der Waals surface area contributed by atoms with Crippen LogP contribution in [0.2, 0.25) is 0 Å². The van der Waals surface area contributed by atoms with Crippen molar-refractivity contribution < 1.29 is 23.4 Å². The van der Waals surface area contributed by atoms with Gasteiger partial charge in [0.15, 0.2) is 0 Å². The summed E-state index contributed by atoms with van der Waals surface area (Å²) in [5.41, 5.74) is 0.199. The molecule has 0 spiro atoms. The maximum atomic E-state index is 13.2. The summed E-state index contributed by atoms with van der Waals surface area (Å²) in [6.07, 6.45) is 1.99. The third-order valence-corrected chi connectivity index (χ3v) is 3.30. The summed E-state index contributed by atoms with van der Waals surface area (Å²) in [4.78, 5) is 16.4. The molecule has 126 valence electrons. The Hall–Kier alpha value is -1.99. The van der Waals surface area contributed by atoms with Crippen LogP contribution in [0.1, 0.15) is 23.2 Å². The molecule has 1 atom stereocenters. The Labute approximate surface area is 134 Å². The molecule has 1 aromatic carbocycles. The van der Waals surface area contributed by atoms with E-state index in [1.807, 2.05) is 0 Å². The molecule has 23 heavy (non-hydrogen) atoms. The SMILES string of the molecule is COCCOC(=NC[C@H]1CCCO1)NC(=O)c1cccc(F)c1. The first-order valence-corrected chi connectivity index (χ1v) is 7.53. The molecule has 1 amide bonds. The van der Waals surface area contributed by atoms with Gasteiger partial charge in [-0.3, -0.25) is 10.1 Å². The summed E-state index contributed by atoms with van der Waals surface area (Å²) in [6, 6.07) is 5.51. The number of carbonyl (C=O) groups is 1. The Balaban J connectivity index is 1.97. The van der Waals surface area contributed by atoms with Crippen molar-refractivity contribution >= 4 is 11.9 Å². The molecule has 6 nitrogen and oxygen atoms in total. The van der Waals surface area contributed by atoms with Crippen LogP contribution in [0.15, 0.2) is 29.3 Å². The summed E-state index contributed by atoms with van der Waals surface area (Å²) in [5, 5.41) is 2.55. The van der Waals surface area contributed by atoms with Crippen LogP contribution in [-0.4, -0.2) is 51.5 Å². The number of methoxy groups -OCH3 is 1. The second kappa shape index (κ2) is 9.22. The number of carbonyl (C=O) groups excluding carboxylic acids is 1. The maximum absolute atomic E-state index is 13.2. The molecule has 1 N–H and O–H groups in total. The van der Waals surface area contributed by atoms with Crippen LogP contribution in [0.3, 0.4) is 0 Å². The van der Waals surface area contributed by atoms with Gasteiger partial charge >= 0.3 is 0 Å². The van der Waals surface area contributed by atoms with Gasteiger partial charge in [0.2, 0.25) is 0 Å². The molecule has 0 aliphatic carbocycles. The molecule has 1 aliphatic heterocycles. The zero-order valence-electron chi connectivity index (χ0n) is 13.1. The number of hydrogen-bond donors (Lipinski definition) is 1. The Bertz CT molecular complexity index is 545. The Morgan fingerprint density at radius 1 is 1.48 bits per heavy atom. The van der Waals surface area contributed by atoms with Crippen molar-refractivity contribution in [1.29, 1.82) is 0 Å². The van der Waals surface area contributed by atoms with E-state index in [0.717, 1.165) is 25.5 Å². The van der Waals surface area contributed by atoms with E-state index in [1.165, 1.54) is 18.2 Å². The highest BCUT2D eigenvalue weighted by atomic mass is 19.1. The molecule has 2 rings (SSSR count). The standard InChI is InChI=1S/C16H21FN2O4/c1-21-8-9-23-16(18-11-14-6-3-7-22-14)19-15(20)12-4-2-5-13(17)10-12/h2,4-5,10,14H,3,6-9,11H2,1H3,(H,18,19,20)/t14-/m1/s1. The minimum absolute atomic E-state index is 0.0436. The largest absolute Gasteiger partial charge is 0.463 e. The molecule has 1 aliphatic rings. The van der Waals surface area contributed by atoms with Gasteiger partial charge in [-0.2, -0.15) is 0 Å². The summed E-state index contributed by atoms with van der Waals surface area (Å²) in [7, 11) is 1.55. The predicted octanol–water partition coefficient (Wildman–Crippen LogP) is 1.75. The molecular weight excluding hydrogens is 303 g/mol. The van der Waals surface area contributed by atoms with E-state index in [1.54, 1.807) is 7.11 Å². The average Bonchev–Trinajstić information content (AvgIpc) is 3.06. The van der Waals surface area contributed by atoms with E-state index in [9.17, 15) is 9.18 Å². The lowest BCUT2D eigenvalue weighted by Gasteiger charge is -2.12. The molecule has 7 heteroatoms. The molecule has 0 bridgehead atoms. The number of benzene rings is 1. The highest BCUT2D eigenvalue weighted by Crippen LogP contribution is 2.12. The monoisotopic (exact) mass is 324 g/mol. The van der Waals surface area contributed by atoms with Crippen LogP contribution in [0.25, 0.3) is 0 Å². The van der Waals surface area contributed by atoms with E-state index in [2.05, 4.69) is 10.3 Å². The van der Waals surface area contributed by atoms with Crippen molar-refractivity contribution in [3.05, 3.63) is 35.6 Å². The van der Waals surface area contributed by atoms with E-state index >= 15 is 0 Å². The van der Waals surface area contributed by atoms with Crippen LogP contribution in [0.4, 0.5) is 4.39 Å². The third kappa shape index (κ3) is 5.96. The van der Waals surface area contributed by atoms with Crippen molar-refractivity contribution in [1.82, 2.24) is 5.32 Å². The topological polar surface area (TPSA) is 69.2 Å². The summed E-state index contributed by atoms with van der Waals surface area (Å²) in [5.74, 6) is -0.955. The number of rotatable bonds is 6. The van der Waals surface area contributed by atoms with Gasteiger partial charge in [-0.25, -0.2) is 9.38 Å². The molecule has 1 aromatic rings. The van der Waals surface area contributed by atoms with Crippen molar-refractivity contribution in [3.63, 3.8) is 0 Å². The lowest BCUT2D eigenvalue weighted by atomic mass is 10.2. The quantitative estimate of drug-likeness (QED) is 0.492. The fourth-order valence-corrected chi connectivity index (χ4v) is 2.11. The van der Waals surface area contributed by atoms with Crippen molar-refractivity contribution in [2.75, 3.05) is 33.5 Å². The van der Waals surface area contributed by atoms with E-state index in [-0.39, 0.29) is 24.3 Å². The number of nitrogens with one attached hydrogen (secondary N) is 1. The highest BCUT2D eigenvalue weighted by molar-refractivity contribution is 6.04. The van der Waals surface area contributed by atoms with Crippen molar-refractivity contribution in [2.45, 2.75) is 18.9 Å². The van der Waals surface area contributed by atoms with Crippen LogP contribution < -0.4 is 5.32 Å². The second-order valence-corrected chi connectivity index (χ2v) is 5.09. The number of amidine groups is 1. The minimum atomic E-state index is -0.479. The first-order chi connectivity index (χ1) is 11.2. The number of hydrogen-bond acceptors (Lipinski definition) is 5. The van der Waals surface area contributed by atoms with Gasteiger partial charge in [0, 0.05) is 19.3 Å². The fourth-order valence-electron chi connectivity index (χ4n) is 2.11. The Morgan fingerprint density at radius 3 is 3.04 bits per heavy atom. The smallest absolute Gasteiger partial charge is 0.291 e. The Kier molecular flexibility index (Phi) is 6.96. The number of halogens is 1. The molecule has 0 aromatic heterocycles. The zero-order valence-corrected chi connectivity index (χ0v) is 13.1. The van der Waals surface area contributed by atoms with Gasteiger partial charge in [-0.05, 0) is 31.0 Å². The zero-order chi connectivity index (χ0) is 16.5. The maximum Gasteiger partial charge on any atom is 0.291 e. The van der Waals surface area contributed by atoms with E-state index in [4.69, 9.17) is 14.2 Å². The van der Waals surface area contributed by atoms with Gasteiger partial charge in [-0.15, -0.1) is 0 Å². The predicted molar refractivity (Wildman–Crippen MR) is 83.0 cm³/mol. The van der Waals surface area contributed by atoms with Gasteiger partial charge in [-0.1, -0.05) is 6.07 Å². The second-order valence-electron chi connectivity index (χ2n) is 5.09. The first kappa shape index (κ1) is 17.4. The van der Waals surface area contributed by atoms with Gasteiger partial charge in [0.05, 0.1) is 19.3 Å². The van der Waals surface area contributed by atoms with Crippen molar-refractivity contribution in [2.24, 2.45) is 4.99 Å². The normalized spacial score (nSPS) is 18.0. The van der Waals surface area contributed by atoms with Gasteiger partial charge in [0.1, 0.15) is 12.4 Å². The number of amides is 1. The number of nitrogens with zero attached hydrogens (tertiary/aromatic N) is 1.